The molecule has 1 aliphatic heterocycles. The molecule has 5 fully saturated rings. The molecule has 5 rings (SSSR count). The number of hydrogen-bond donors (Lipinski definition) is 1. The Morgan fingerprint density at radius 3 is 2.61 bits per heavy atom. The van der Waals surface area contributed by atoms with Crippen LogP contribution < -0.4 is 0 Å². The highest BCUT2D eigenvalue weighted by molar-refractivity contribution is 5.94. The summed E-state index contributed by atoms with van der Waals surface area (Å²) in [6.07, 6.45) is 5.05. The number of aliphatic hydroxyl groups excluding tert-OH is 1. The number of fused-ring (bicyclic) bond motifs is 4. The first-order valence-corrected chi connectivity index (χ1v) is 9.27. The standard InChI is InChI=1S/C19H26O4/c1-17-7-5-12-10(11(17)3-4-14(17)21)9-15(22)19-16(23-19)13(20)6-8-18(12,19)2/h10-13,16,20H,3-9H2,1-2H3. The van der Waals surface area contributed by atoms with E-state index in [2.05, 4.69) is 13.8 Å². The summed E-state index contributed by atoms with van der Waals surface area (Å²) < 4.78 is 5.94. The van der Waals surface area contributed by atoms with Gasteiger partial charge in [-0.05, 0) is 49.9 Å². The van der Waals surface area contributed by atoms with E-state index in [1.54, 1.807) is 0 Å². The second-order valence-electron chi connectivity index (χ2n) is 9.22. The van der Waals surface area contributed by atoms with Crippen molar-refractivity contribution in [1.82, 2.24) is 0 Å². The lowest BCUT2D eigenvalue weighted by Crippen LogP contribution is -2.62. The molecule has 8 atom stereocenters. The van der Waals surface area contributed by atoms with Crippen LogP contribution in [0.2, 0.25) is 0 Å². The lowest BCUT2D eigenvalue weighted by Gasteiger charge is -2.57. The van der Waals surface area contributed by atoms with Crippen LogP contribution in [-0.4, -0.2) is 34.5 Å². The highest BCUT2D eigenvalue weighted by Crippen LogP contribution is 2.71. The second-order valence-corrected chi connectivity index (χ2v) is 9.22. The Morgan fingerprint density at radius 1 is 1.04 bits per heavy atom. The number of carbonyl (C=O) groups is 2. The summed E-state index contributed by atoms with van der Waals surface area (Å²) in [5.74, 6) is 1.79. The largest absolute Gasteiger partial charge is 0.390 e. The molecule has 0 aromatic carbocycles. The molecular formula is C19H26O4. The number of Topliss-reactive ketones (excluding diaryl/α,β-unsaturated/α-hetero) is 2. The number of carbonyl (C=O) groups excluding carboxylic acids is 2. The molecule has 0 aromatic heterocycles. The fourth-order valence-corrected chi connectivity index (χ4v) is 7.26. The highest BCUT2D eigenvalue weighted by atomic mass is 16.6. The van der Waals surface area contributed by atoms with Gasteiger partial charge in [-0.25, -0.2) is 0 Å². The maximum Gasteiger partial charge on any atom is 0.168 e. The minimum absolute atomic E-state index is 0.149. The summed E-state index contributed by atoms with van der Waals surface area (Å²) in [5, 5.41) is 10.2. The molecule has 5 aliphatic rings. The number of ketones is 2. The molecule has 1 saturated heterocycles. The van der Waals surface area contributed by atoms with Gasteiger partial charge < -0.3 is 9.84 Å². The third-order valence-corrected chi connectivity index (χ3v) is 8.61. The molecule has 0 radical (unpaired) electrons. The van der Waals surface area contributed by atoms with Crippen LogP contribution in [0.3, 0.4) is 0 Å². The zero-order valence-corrected chi connectivity index (χ0v) is 14.0. The average Bonchev–Trinajstić information content (AvgIpc) is 3.21. The number of ether oxygens (including phenoxy) is 1. The topological polar surface area (TPSA) is 66.9 Å². The lowest BCUT2D eigenvalue weighted by atomic mass is 9.44. The summed E-state index contributed by atoms with van der Waals surface area (Å²) in [5.41, 5.74) is -1.05. The number of aliphatic hydroxyl groups is 1. The molecule has 1 N–H and O–H groups in total. The Bertz CT molecular complexity index is 614. The van der Waals surface area contributed by atoms with Gasteiger partial charge in [-0.2, -0.15) is 0 Å². The molecule has 8 unspecified atom stereocenters. The smallest absolute Gasteiger partial charge is 0.168 e. The molecule has 4 saturated carbocycles. The van der Waals surface area contributed by atoms with E-state index in [0.29, 0.717) is 36.4 Å². The third-order valence-electron chi connectivity index (χ3n) is 8.61. The van der Waals surface area contributed by atoms with Crippen molar-refractivity contribution < 1.29 is 19.4 Å². The first-order chi connectivity index (χ1) is 10.8. The van der Waals surface area contributed by atoms with Gasteiger partial charge >= 0.3 is 0 Å². The predicted octanol–water partition coefficient (Wildman–Crippen LogP) is 2.27. The highest BCUT2D eigenvalue weighted by Gasteiger charge is 2.80. The van der Waals surface area contributed by atoms with Crippen LogP contribution in [0.25, 0.3) is 0 Å². The van der Waals surface area contributed by atoms with E-state index in [0.717, 1.165) is 32.1 Å². The van der Waals surface area contributed by atoms with E-state index in [4.69, 9.17) is 4.74 Å². The molecule has 126 valence electrons. The molecule has 1 spiro atoms. The van der Waals surface area contributed by atoms with Crippen molar-refractivity contribution in [2.75, 3.05) is 0 Å². The summed E-state index contributed by atoms with van der Waals surface area (Å²) in [4.78, 5) is 25.5. The third kappa shape index (κ3) is 1.43. The molecule has 23 heavy (non-hydrogen) atoms. The minimum atomic E-state index is -0.706. The van der Waals surface area contributed by atoms with E-state index in [1.165, 1.54) is 0 Å². The Morgan fingerprint density at radius 2 is 1.83 bits per heavy atom. The summed E-state index contributed by atoms with van der Waals surface area (Å²) in [6.45, 7) is 4.37. The van der Waals surface area contributed by atoms with Crippen molar-refractivity contribution in [3.63, 3.8) is 0 Å². The predicted molar refractivity (Wildman–Crippen MR) is 82.6 cm³/mol. The van der Waals surface area contributed by atoms with Gasteiger partial charge in [-0.15, -0.1) is 0 Å². The molecule has 4 aliphatic carbocycles. The van der Waals surface area contributed by atoms with Crippen molar-refractivity contribution in [3.8, 4) is 0 Å². The van der Waals surface area contributed by atoms with E-state index in [1.807, 2.05) is 0 Å². The summed E-state index contributed by atoms with van der Waals surface area (Å²) in [6, 6.07) is 0. The summed E-state index contributed by atoms with van der Waals surface area (Å²) in [7, 11) is 0. The normalized spacial score (nSPS) is 60.6. The van der Waals surface area contributed by atoms with Gasteiger partial charge in [0.15, 0.2) is 11.4 Å². The van der Waals surface area contributed by atoms with E-state index < -0.39 is 11.7 Å². The van der Waals surface area contributed by atoms with Crippen LogP contribution in [-0.2, 0) is 14.3 Å². The number of hydrogen-bond acceptors (Lipinski definition) is 4. The molecule has 0 aromatic rings. The SMILES string of the molecule is CC12CCC3C(CC(=O)C45OC4C(O)CCC35C)C1CCC2=O. The fraction of sp³-hybridized carbons (Fsp3) is 0.895. The van der Waals surface area contributed by atoms with Crippen LogP contribution >= 0.6 is 0 Å². The van der Waals surface area contributed by atoms with Gasteiger partial charge in [0.2, 0.25) is 0 Å². The molecular weight excluding hydrogens is 292 g/mol. The maximum absolute atomic E-state index is 13.1. The molecule has 4 nitrogen and oxygen atoms in total. The Hall–Kier alpha value is -0.740. The Balaban J connectivity index is 1.56. The summed E-state index contributed by atoms with van der Waals surface area (Å²) >= 11 is 0. The van der Waals surface area contributed by atoms with Crippen LogP contribution in [0.15, 0.2) is 0 Å². The van der Waals surface area contributed by atoms with Gasteiger partial charge in [0.05, 0.1) is 6.10 Å². The average molecular weight is 318 g/mol. The van der Waals surface area contributed by atoms with Gasteiger partial charge in [0.25, 0.3) is 0 Å². The molecule has 0 amide bonds. The van der Waals surface area contributed by atoms with Crippen molar-refractivity contribution in [1.29, 1.82) is 0 Å². The van der Waals surface area contributed by atoms with E-state index in [-0.39, 0.29) is 22.7 Å². The van der Waals surface area contributed by atoms with Crippen LogP contribution in [0.4, 0.5) is 0 Å². The van der Waals surface area contributed by atoms with Gasteiger partial charge in [0, 0.05) is 23.7 Å². The zero-order valence-electron chi connectivity index (χ0n) is 14.0. The van der Waals surface area contributed by atoms with Crippen LogP contribution in [0, 0.1) is 28.6 Å². The quantitative estimate of drug-likeness (QED) is 0.696. The van der Waals surface area contributed by atoms with E-state index in [9.17, 15) is 14.7 Å². The first-order valence-electron chi connectivity index (χ1n) is 9.27. The minimum Gasteiger partial charge on any atom is -0.390 e. The maximum atomic E-state index is 13.1. The van der Waals surface area contributed by atoms with Crippen molar-refractivity contribution in [3.05, 3.63) is 0 Å². The monoisotopic (exact) mass is 318 g/mol. The molecule has 0 bridgehead atoms. The van der Waals surface area contributed by atoms with Gasteiger partial charge in [0.1, 0.15) is 11.9 Å². The zero-order chi connectivity index (χ0) is 16.2. The molecule has 4 heteroatoms. The Labute approximate surface area is 137 Å². The lowest BCUT2D eigenvalue weighted by molar-refractivity contribution is -0.157. The van der Waals surface area contributed by atoms with E-state index >= 15 is 0 Å². The Kier molecular flexibility index (Phi) is 2.59. The number of rotatable bonds is 0. The van der Waals surface area contributed by atoms with Crippen molar-refractivity contribution in [2.24, 2.45) is 28.6 Å². The molecule has 1 heterocycles. The van der Waals surface area contributed by atoms with Gasteiger partial charge in [-0.3, -0.25) is 9.59 Å². The second kappa shape index (κ2) is 4.08. The first kappa shape index (κ1) is 14.6. The van der Waals surface area contributed by atoms with Crippen LogP contribution in [0.5, 0.6) is 0 Å². The van der Waals surface area contributed by atoms with Crippen molar-refractivity contribution >= 4 is 11.6 Å². The fourth-order valence-electron chi connectivity index (χ4n) is 7.26. The number of epoxide rings is 1. The van der Waals surface area contributed by atoms with Crippen LogP contribution in [0.1, 0.15) is 58.8 Å². The van der Waals surface area contributed by atoms with Crippen molar-refractivity contribution in [2.45, 2.75) is 76.6 Å². The van der Waals surface area contributed by atoms with Gasteiger partial charge in [-0.1, -0.05) is 13.8 Å².